The molecule has 0 aliphatic carbocycles. The summed E-state index contributed by atoms with van der Waals surface area (Å²) in [5, 5.41) is 0.371. The van der Waals surface area contributed by atoms with Crippen LogP contribution in [0.5, 0.6) is 0 Å². The maximum absolute atomic E-state index is 13.4. The number of carbonyl (C=O) groups is 1. The summed E-state index contributed by atoms with van der Waals surface area (Å²) in [7, 11) is -0.633. The Hall–Kier alpha value is -1.46. The van der Waals surface area contributed by atoms with E-state index in [0.29, 0.717) is 37.5 Å². The van der Waals surface area contributed by atoms with E-state index in [2.05, 4.69) is 33.9 Å². The van der Waals surface area contributed by atoms with Crippen LogP contribution in [0.3, 0.4) is 0 Å². The van der Waals surface area contributed by atoms with Crippen LogP contribution in [-0.2, 0) is 39.5 Å². The van der Waals surface area contributed by atoms with Crippen LogP contribution in [-0.4, -0.2) is 63.8 Å². The zero-order valence-corrected chi connectivity index (χ0v) is 28.6. The van der Waals surface area contributed by atoms with E-state index in [1.54, 1.807) is 6.08 Å². The largest absolute Gasteiger partial charge is 0.484 e. The van der Waals surface area contributed by atoms with Crippen molar-refractivity contribution >= 4 is 31.4 Å². The topological polar surface area (TPSA) is 72.5 Å². The van der Waals surface area contributed by atoms with E-state index in [-0.39, 0.29) is 35.9 Å². The standard InChI is InChI=1S/C32H52O7SSi/c1-11-36-29(40)19-20-31(6,7)32(34-8)28(33)18-17-26(38-32)21-27(39-41(9,10)30(3,4)5)24(2)37-23-35-22-25-15-13-12-14-16-25/h12-16,19-20,24,26-27H,11,17-18,21-23H2,1-10H3. The van der Waals surface area contributed by atoms with Crippen molar-refractivity contribution in [2.45, 2.75) is 117 Å². The quantitative estimate of drug-likeness (QED) is 0.0671. The molecule has 0 spiro atoms. The molecule has 0 amide bonds. The van der Waals surface area contributed by atoms with Gasteiger partial charge in [0.2, 0.25) is 5.79 Å². The van der Waals surface area contributed by atoms with Gasteiger partial charge < -0.3 is 28.1 Å². The lowest BCUT2D eigenvalue weighted by molar-refractivity contribution is -0.285. The molecule has 0 bridgehead atoms. The molecule has 1 aromatic rings. The lowest BCUT2D eigenvalue weighted by Gasteiger charge is -2.48. The van der Waals surface area contributed by atoms with Gasteiger partial charge in [0.25, 0.3) is 0 Å². The molecule has 4 unspecified atom stereocenters. The highest BCUT2D eigenvalue weighted by Crippen LogP contribution is 2.44. The molecule has 0 saturated carbocycles. The molecule has 9 heteroatoms. The van der Waals surface area contributed by atoms with Crippen molar-refractivity contribution in [1.29, 1.82) is 0 Å². The second-order valence-corrected chi connectivity index (χ2v) is 18.0. The maximum atomic E-state index is 13.4. The fourth-order valence-corrected chi connectivity index (χ4v) is 6.23. The van der Waals surface area contributed by atoms with Gasteiger partial charge in [0.15, 0.2) is 19.2 Å². The van der Waals surface area contributed by atoms with Crippen molar-refractivity contribution in [3.05, 3.63) is 48.0 Å². The number of carbonyl (C=O) groups excluding carboxylic acids is 1. The third-order valence-corrected chi connectivity index (χ3v) is 13.0. The molecule has 0 aromatic heterocycles. The number of methoxy groups -OCH3 is 1. The molecule has 1 saturated heterocycles. The van der Waals surface area contributed by atoms with Gasteiger partial charge in [0.1, 0.15) is 6.79 Å². The molecule has 0 N–H and O–H groups in total. The first-order valence-corrected chi connectivity index (χ1v) is 17.9. The highest BCUT2D eigenvalue weighted by Gasteiger charge is 2.55. The van der Waals surface area contributed by atoms with Crippen molar-refractivity contribution in [2.24, 2.45) is 5.41 Å². The van der Waals surface area contributed by atoms with E-state index >= 15 is 0 Å². The van der Waals surface area contributed by atoms with Crippen molar-refractivity contribution in [3.8, 4) is 0 Å². The summed E-state index contributed by atoms with van der Waals surface area (Å²) in [6.07, 6.45) is 4.24. The number of hydrogen-bond donors (Lipinski definition) is 0. The van der Waals surface area contributed by atoms with Gasteiger partial charge in [-0.2, -0.15) is 0 Å². The molecule has 2 rings (SSSR count). The first-order valence-electron chi connectivity index (χ1n) is 14.6. The van der Waals surface area contributed by atoms with Crippen molar-refractivity contribution in [3.63, 3.8) is 0 Å². The van der Waals surface area contributed by atoms with E-state index in [4.69, 9.17) is 40.3 Å². The molecule has 1 aromatic carbocycles. The van der Waals surface area contributed by atoms with E-state index in [1.165, 1.54) is 7.11 Å². The van der Waals surface area contributed by atoms with Crippen LogP contribution in [0.15, 0.2) is 42.5 Å². The monoisotopic (exact) mass is 608 g/mol. The Labute approximate surface area is 254 Å². The second kappa shape index (κ2) is 15.3. The van der Waals surface area contributed by atoms with Gasteiger partial charge in [-0.25, -0.2) is 0 Å². The molecule has 7 nitrogen and oxygen atoms in total. The third kappa shape index (κ3) is 9.78. The number of hydrogen-bond acceptors (Lipinski definition) is 8. The Morgan fingerprint density at radius 3 is 2.44 bits per heavy atom. The van der Waals surface area contributed by atoms with E-state index < -0.39 is 19.5 Å². The Kier molecular flexibility index (Phi) is 13.4. The van der Waals surface area contributed by atoms with Gasteiger partial charge >= 0.3 is 0 Å². The molecule has 41 heavy (non-hydrogen) atoms. The average molecular weight is 609 g/mol. The molecule has 1 fully saturated rings. The van der Waals surface area contributed by atoms with Gasteiger partial charge in [-0.15, -0.1) is 0 Å². The van der Waals surface area contributed by atoms with Crippen LogP contribution in [0.4, 0.5) is 0 Å². The van der Waals surface area contributed by atoms with Crippen LogP contribution in [0.2, 0.25) is 18.1 Å². The summed E-state index contributed by atoms with van der Waals surface area (Å²) in [6.45, 7) is 20.0. The van der Waals surface area contributed by atoms with Crippen LogP contribution in [0.25, 0.3) is 0 Å². The minimum atomic E-state index is -2.16. The Balaban J connectivity index is 2.22. The predicted octanol–water partition coefficient (Wildman–Crippen LogP) is 7.38. The Morgan fingerprint density at radius 2 is 1.85 bits per heavy atom. The van der Waals surface area contributed by atoms with Crippen molar-refractivity contribution in [2.75, 3.05) is 20.5 Å². The summed E-state index contributed by atoms with van der Waals surface area (Å²) in [5.74, 6) is -1.55. The summed E-state index contributed by atoms with van der Waals surface area (Å²) >= 11 is 5.27. The molecule has 0 radical (unpaired) electrons. The first-order chi connectivity index (χ1) is 19.1. The van der Waals surface area contributed by atoms with Crippen LogP contribution >= 0.6 is 12.2 Å². The molecule has 232 valence electrons. The lowest BCUT2D eigenvalue weighted by atomic mass is 9.77. The molecular formula is C32H52O7SSi. The predicted molar refractivity (Wildman–Crippen MR) is 169 cm³/mol. The lowest BCUT2D eigenvalue weighted by Crippen LogP contribution is -2.59. The number of Topliss-reactive ketones (excluding diaryl/α,β-unsaturated/α-hetero) is 1. The molecule has 4 atom stereocenters. The van der Waals surface area contributed by atoms with Gasteiger partial charge in [-0.3, -0.25) is 4.79 Å². The highest BCUT2D eigenvalue weighted by molar-refractivity contribution is 7.80. The number of ether oxygens (including phenoxy) is 5. The highest BCUT2D eigenvalue weighted by atomic mass is 32.1. The number of benzene rings is 1. The smallest absolute Gasteiger partial charge is 0.237 e. The van der Waals surface area contributed by atoms with E-state index in [0.717, 1.165) is 5.56 Å². The molecule has 1 aliphatic heterocycles. The summed E-state index contributed by atoms with van der Waals surface area (Å²) in [4.78, 5) is 13.4. The van der Waals surface area contributed by atoms with Crippen molar-refractivity contribution in [1.82, 2.24) is 0 Å². The van der Waals surface area contributed by atoms with Crippen LogP contribution < -0.4 is 0 Å². The fraction of sp³-hybridized carbons (Fsp3) is 0.688. The van der Waals surface area contributed by atoms with Crippen molar-refractivity contribution < 1.29 is 32.9 Å². The van der Waals surface area contributed by atoms with Gasteiger partial charge in [0, 0.05) is 25.4 Å². The second-order valence-electron chi connectivity index (χ2n) is 12.8. The van der Waals surface area contributed by atoms with Gasteiger partial charge in [-0.05, 0) is 62.3 Å². The van der Waals surface area contributed by atoms with E-state index in [9.17, 15) is 4.79 Å². The van der Waals surface area contributed by atoms with Gasteiger partial charge in [-0.1, -0.05) is 71.0 Å². The minimum Gasteiger partial charge on any atom is -0.484 e. The summed E-state index contributed by atoms with van der Waals surface area (Å²) in [6, 6.07) is 10.0. The first kappa shape index (κ1) is 35.7. The molecule has 1 aliphatic rings. The molecular weight excluding hydrogens is 556 g/mol. The van der Waals surface area contributed by atoms with E-state index in [1.807, 2.05) is 64.1 Å². The Morgan fingerprint density at radius 1 is 1.20 bits per heavy atom. The van der Waals surface area contributed by atoms with Gasteiger partial charge in [0.05, 0.1) is 31.5 Å². The zero-order valence-electron chi connectivity index (χ0n) is 26.8. The number of thiocarbonyl (C=S) groups is 1. The minimum absolute atomic E-state index is 0.0141. The summed E-state index contributed by atoms with van der Waals surface area (Å²) < 4.78 is 36.8. The Bertz CT molecular complexity index is 1010. The number of ketones is 1. The van der Waals surface area contributed by atoms with Crippen LogP contribution in [0, 0.1) is 5.41 Å². The zero-order chi connectivity index (χ0) is 30.9. The molecule has 1 heterocycles. The fourth-order valence-electron chi connectivity index (χ4n) is 4.64. The summed E-state index contributed by atoms with van der Waals surface area (Å²) in [5.41, 5.74) is 0.287. The van der Waals surface area contributed by atoms with Crippen LogP contribution in [0.1, 0.15) is 73.3 Å². The number of rotatable bonds is 15. The maximum Gasteiger partial charge on any atom is 0.237 e. The SMILES string of the molecule is CCOC(=S)C=CC(C)(C)C1(OC)OC(CC(O[Si](C)(C)C(C)(C)C)C(C)OCOCc2ccccc2)CCC1=O. The average Bonchev–Trinajstić information content (AvgIpc) is 2.90. The third-order valence-electron chi connectivity index (χ3n) is 8.25. The normalized spacial score (nSPS) is 22.1.